The molecule has 5 nitrogen and oxygen atoms in total. The standard InChI is InChI=1S/C15H17N3O2S/c1-3-16-11(2)12-8-9-17-15(10-12)21-14-7-5-4-6-13(14)18(19)20/h4-11,16H,3H2,1-2H3. The van der Waals surface area contributed by atoms with Crippen LogP contribution < -0.4 is 5.32 Å². The van der Waals surface area contributed by atoms with Crippen LogP contribution in [0.4, 0.5) is 5.69 Å². The van der Waals surface area contributed by atoms with Crippen molar-refractivity contribution in [2.45, 2.75) is 29.8 Å². The second-order valence-corrected chi connectivity index (χ2v) is 5.60. The molecule has 0 amide bonds. The summed E-state index contributed by atoms with van der Waals surface area (Å²) in [6, 6.07) is 10.9. The number of aromatic nitrogens is 1. The van der Waals surface area contributed by atoms with Crippen molar-refractivity contribution in [3.8, 4) is 0 Å². The zero-order chi connectivity index (χ0) is 15.2. The number of nitrogens with one attached hydrogen (secondary N) is 1. The Labute approximate surface area is 127 Å². The normalized spacial score (nSPS) is 12.1. The van der Waals surface area contributed by atoms with Gasteiger partial charge in [0.05, 0.1) is 9.82 Å². The predicted octanol–water partition coefficient (Wildman–Crippen LogP) is 3.81. The minimum Gasteiger partial charge on any atom is -0.310 e. The van der Waals surface area contributed by atoms with Crippen LogP contribution in [0.1, 0.15) is 25.5 Å². The summed E-state index contributed by atoms with van der Waals surface area (Å²) in [6.07, 6.45) is 1.74. The van der Waals surface area contributed by atoms with Crippen molar-refractivity contribution in [2.75, 3.05) is 6.54 Å². The lowest BCUT2D eigenvalue weighted by Crippen LogP contribution is -2.17. The largest absolute Gasteiger partial charge is 0.310 e. The minimum absolute atomic E-state index is 0.106. The average molecular weight is 303 g/mol. The fourth-order valence-electron chi connectivity index (χ4n) is 1.98. The molecule has 110 valence electrons. The van der Waals surface area contributed by atoms with Gasteiger partial charge in [-0.25, -0.2) is 4.98 Å². The number of pyridine rings is 1. The first-order chi connectivity index (χ1) is 10.1. The lowest BCUT2D eigenvalue weighted by molar-refractivity contribution is -0.387. The van der Waals surface area contributed by atoms with Crippen LogP contribution in [-0.2, 0) is 0 Å². The Morgan fingerprint density at radius 1 is 1.38 bits per heavy atom. The van der Waals surface area contributed by atoms with E-state index in [-0.39, 0.29) is 16.7 Å². The zero-order valence-corrected chi connectivity index (χ0v) is 12.8. The SMILES string of the molecule is CCNC(C)c1ccnc(Sc2ccccc2[N+](=O)[O-])c1. The Hall–Kier alpha value is -1.92. The molecule has 1 aromatic carbocycles. The van der Waals surface area contributed by atoms with Gasteiger partial charge in [-0.15, -0.1) is 0 Å². The maximum Gasteiger partial charge on any atom is 0.283 e. The summed E-state index contributed by atoms with van der Waals surface area (Å²) >= 11 is 1.31. The van der Waals surface area contributed by atoms with Gasteiger partial charge >= 0.3 is 0 Å². The molecule has 0 bridgehead atoms. The molecule has 0 fully saturated rings. The maximum absolute atomic E-state index is 11.0. The fraction of sp³-hybridized carbons (Fsp3) is 0.267. The van der Waals surface area contributed by atoms with E-state index in [9.17, 15) is 10.1 Å². The fourth-order valence-corrected chi connectivity index (χ4v) is 2.91. The Balaban J connectivity index is 2.24. The van der Waals surface area contributed by atoms with Gasteiger partial charge in [0.1, 0.15) is 5.03 Å². The number of hydrogen-bond donors (Lipinski definition) is 1. The quantitative estimate of drug-likeness (QED) is 0.649. The molecule has 0 radical (unpaired) electrons. The van der Waals surface area contributed by atoms with Gasteiger partial charge < -0.3 is 5.32 Å². The molecule has 0 aliphatic carbocycles. The van der Waals surface area contributed by atoms with Gasteiger partial charge in [-0.1, -0.05) is 30.8 Å². The van der Waals surface area contributed by atoms with E-state index in [0.717, 1.165) is 17.1 Å². The second-order valence-electron chi connectivity index (χ2n) is 4.53. The Morgan fingerprint density at radius 2 is 2.14 bits per heavy atom. The molecule has 0 saturated carbocycles. The first-order valence-electron chi connectivity index (χ1n) is 6.72. The molecular weight excluding hydrogens is 286 g/mol. The van der Waals surface area contributed by atoms with Crippen LogP contribution in [0.25, 0.3) is 0 Å². The highest BCUT2D eigenvalue weighted by Gasteiger charge is 2.14. The molecule has 21 heavy (non-hydrogen) atoms. The van der Waals surface area contributed by atoms with Crippen molar-refractivity contribution in [3.63, 3.8) is 0 Å². The molecular formula is C15H17N3O2S. The molecule has 2 aromatic rings. The molecule has 0 saturated heterocycles. The number of nitrogens with zero attached hydrogens (tertiary/aromatic N) is 2. The van der Waals surface area contributed by atoms with E-state index >= 15 is 0 Å². The molecule has 0 aliphatic heterocycles. The predicted molar refractivity (Wildman–Crippen MR) is 83.5 cm³/mol. The van der Waals surface area contributed by atoms with E-state index < -0.39 is 0 Å². The highest BCUT2D eigenvalue weighted by atomic mass is 32.2. The molecule has 0 aliphatic rings. The van der Waals surface area contributed by atoms with Gasteiger partial charge in [-0.3, -0.25) is 10.1 Å². The lowest BCUT2D eigenvalue weighted by Gasteiger charge is -2.13. The highest BCUT2D eigenvalue weighted by Crippen LogP contribution is 2.34. The second kappa shape index (κ2) is 7.19. The van der Waals surface area contributed by atoms with Gasteiger partial charge in [-0.2, -0.15) is 0 Å². The number of nitro benzene ring substituents is 1. The maximum atomic E-state index is 11.0. The summed E-state index contributed by atoms with van der Waals surface area (Å²) in [5.41, 5.74) is 1.22. The third-order valence-corrected chi connectivity index (χ3v) is 4.04. The van der Waals surface area contributed by atoms with Crippen molar-refractivity contribution in [3.05, 3.63) is 58.3 Å². The van der Waals surface area contributed by atoms with Crippen LogP contribution in [0.2, 0.25) is 0 Å². The molecule has 2 rings (SSSR count). The Bertz CT molecular complexity index is 634. The van der Waals surface area contributed by atoms with Crippen molar-refractivity contribution >= 4 is 17.4 Å². The van der Waals surface area contributed by atoms with Gasteiger partial charge in [-0.05, 0) is 37.2 Å². The topological polar surface area (TPSA) is 68.1 Å². The van der Waals surface area contributed by atoms with Gasteiger partial charge in [0.2, 0.25) is 0 Å². The number of hydrogen-bond acceptors (Lipinski definition) is 5. The zero-order valence-electron chi connectivity index (χ0n) is 11.9. The van der Waals surface area contributed by atoms with E-state index in [4.69, 9.17) is 0 Å². The molecule has 1 N–H and O–H groups in total. The van der Waals surface area contributed by atoms with Gasteiger partial charge in [0, 0.05) is 18.3 Å². The van der Waals surface area contributed by atoms with E-state index in [1.807, 2.05) is 12.1 Å². The first kappa shape index (κ1) is 15.5. The van der Waals surface area contributed by atoms with Crippen LogP contribution >= 0.6 is 11.8 Å². The van der Waals surface area contributed by atoms with Crippen LogP contribution in [0, 0.1) is 10.1 Å². The van der Waals surface area contributed by atoms with Crippen LogP contribution in [0.15, 0.2) is 52.5 Å². The van der Waals surface area contributed by atoms with Crippen molar-refractivity contribution in [1.82, 2.24) is 10.3 Å². The van der Waals surface area contributed by atoms with Crippen molar-refractivity contribution in [1.29, 1.82) is 0 Å². The van der Waals surface area contributed by atoms with Crippen LogP contribution in [0.5, 0.6) is 0 Å². The highest BCUT2D eigenvalue weighted by molar-refractivity contribution is 7.99. The summed E-state index contributed by atoms with van der Waals surface area (Å²) in [7, 11) is 0. The first-order valence-corrected chi connectivity index (χ1v) is 7.54. The number of benzene rings is 1. The minimum atomic E-state index is -0.368. The van der Waals surface area contributed by atoms with E-state index in [0.29, 0.717) is 4.90 Å². The molecule has 0 spiro atoms. The number of rotatable bonds is 6. The van der Waals surface area contributed by atoms with Crippen molar-refractivity contribution < 1.29 is 4.92 Å². The smallest absolute Gasteiger partial charge is 0.283 e. The monoisotopic (exact) mass is 303 g/mol. The third-order valence-electron chi connectivity index (χ3n) is 3.05. The van der Waals surface area contributed by atoms with Crippen molar-refractivity contribution in [2.24, 2.45) is 0 Å². The Morgan fingerprint density at radius 3 is 2.86 bits per heavy atom. The average Bonchev–Trinajstić information content (AvgIpc) is 2.48. The van der Waals surface area contributed by atoms with E-state index in [1.165, 1.54) is 17.8 Å². The molecule has 1 atom stereocenters. The Kier molecular flexibility index (Phi) is 5.30. The molecule has 1 aromatic heterocycles. The van der Waals surface area contributed by atoms with Gasteiger partial charge in [0.15, 0.2) is 0 Å². The molecule has 6 heteroatoms. The summed E-state index contributed by atoms with van der Waals surface area (Å²) in [5.74, 6) is 0. The van der Waals surface area contributed by atoms with Crippen LogP contribution in [0.3, 0.4) is 0 Å². The van der Waals surface area contributed by atoms with Gasteiger partial charge in [0.25, 0.3) is 5.69 Å². The molecule has 1 unspecified atom stereocenters. The van der Waals surface area contributed by atoms with Crippen LogP contribution in [-0.4, -0.2) is 16.5 Å². The lowest BCUT2D eigenvalue weighted by atomic mass is 10.1. The summed E-state index contributed by atoms with van der Waals surface area (Å²) in [4.78, 5) is 15.6. The van der Waals surface area contributed by atoms with E-state index in [2.05, 4.69) is 24.1 Å². The van der Waals surface area contributed by atoms with E-state index in [1.54, 1.807) is 24.4 Å². The summed E-state index contributed by atoms with van der Waals surface area (Å²) in [6.45, 7) is 5.02. The summed E-state index contributed by atoms with van der Waals surface area (Å²) in [5, 5.41) is 15.1. The summed E-state index contributed by atoms with van der Waals surface area (Å²) < 4.78 is 0. The third kappa shape index (κ3) is 4.03. The number of para-hydroxylation sites is 1. The number of nitro groups is 1. The molecule has 1 heterocycles.